The Morgan fingerprint density at radius 3 is 2.63 bits per heavy atom. The van der Waals surface area contributed by atoms with Crippen LogP contribution in [0.4, 0.5) is 0 Å². The highest BCUT2D eigenvalue weighted by Gasteiger charge is 2.32. The van der Waals surface area contributed by atoms with E-state index in [0.717, 1.165) is 37.2 Å². The van der Waals surface area contributed by atoms with E-state index in [1.807, 2.05) is 24.3 Å². The van der Waals surface area contributed by atoms with Crippen molar-refractivity contribution in [2.24, 2.45) is 5.92 Å². The molecule has 2 heterocycles. The highest BCUT2D eigenvalue weighted by molar-refractivity contribution is 5.79. The number of nitrogens with one attached hydrogen (secondary N) is 1. The van der Waals surface area contributed by atoms with Crippen LogP contribution in [0.2, 0.25) is 0 Å². The van der Waals surface area contributed by atoms with Gasteiger partial charge in [0.2, 0.25) is 5.91 Å². The third-order valence-electron chi connectivity index (χ3n) is 5.93. The molecule has 1 amide bonds. The number of hydrogen-bond donors (Lipinski definition) is 1. The second kappa shape index (κ2) is 7.35. The maximum absolute atomic E-state index is 12.7. The minimum absolute atomic E-state index is 0.0867. The molecule has 0 spiro atoms. The van der Waals surface area contributed by atoms with Gasteiger partial charge in [-0.05, 0) is 49.4 Å². The van der Waals surface area contributed by atoms with E-state index in [9.17, 15) is 4.79 Å². The average molecular weight is 364 g/mol. The molecule has 4 nitrogen and oxygen atoms in total. The van der Waals surface area contributed by atoms with Crippen LogP contribution in [0, 0.1) is 5.92 Å². The summed E-state index contributed by atoms with van der Waals surface area (Å²) in [6.07, 6.45) is 1.82. The Morgan fingerprint density at radius 1 is 1.11 bits per heavy atom. The number of amides is 1. The summed E-state index contributed by atoms with van der Waals surface area (Å²) < 4.78 is 5.77. The maximum Gasteiger partial charge on any atom is 0.226 e. The zero-order valence-electron chi connectivity index (χ0n) is 16.2. The minimum atomic E-state index is -0.113. The average Bonchev–Trinajstić information content (AvgIpc) is 2.71. The number of hydrogen-bond acceptors (Lipinski definition) is 3. The molecule has 2 aromatic rings. The zero-order valence-corrected chi connectivity index (χ0v) is 16.2. The molecule has 1 N–H and O–H groups in total. The molecule has 0 bridgehead atoms. The van der Waals surface area contributed by atoms with E-state index < -0.39 is 0 Å². The molecule has 4 rings (SSSR count). The molecule has 0 saturated heterocycles. The standard InChI is InChI=1S/C23H28N2O2/c1-23(2,25-12-11-17-7-3-4-9-19(17)14-25)16-24-22(26)20-13-18-8-5-6-10-21(18)27-15-20/h3-10,20H,11-16H2,1-2H3,(H,24,26)/t20-/m1/s1. The second-order valence-electron chi connectivity index (χ2n) is 8.29. The van der Waals surface area contributed by atoms with Gasteiger partial charge in [0.25, 0.3) is 0 Å². The Hall–Kier alpha value is -2.33. The Labute approximate surface area is 161 Å². The van der Waals surface area contributed by atoms with Crippen molar-refractivity contribution in [3.63, 3.8) is 0 Å². The lowest BCUT2D eigenvalue weighted by atomic mass is 9.93. The lowest BCUT2D eigenvalue weighted by Crippen LogP contribution is -2.54. The monoisotopic (exact) mass is 364 g/mol. The van der Waals surface area contributed by atoms with E-state index >= 15 is 0 Å². The Morgan fingerprint density at radius 2 is 1.81 bits per heavy atom. The number of nitrogens with zero attached hydrogens (tertiary/aromatic N) is 1. The van der Waals surface area contributed by atoms with Crippen LogP contribution in [-0.2, 0) is 24.2 Å². The smallest absolute Gasteiger partial charge is 0.226 e. The first-order chi connectivity index (χ1) is 13.0. The molecule has 0 radical (unpaired) electrons. The first-order valence-corrected chi connectivity index (χ1v) is 9.83. The summed E-state index contributed by atoms with van der Waals surface area (Å²) in [5.41, 5.74) is 3.89. The maximum atomic E-state index is 12.7. The van der Waals surface area contributed by atoms with Crippen LogP contribution < -0.4 is 10.1 Å². The van der Waals surface area contributed by atoms with Crippen molar-refractivity contribution in [3.8, 4) is 5.75 Å². The lowest BCUT2D eigenvalue weighted by Gasteiger charge is -2.42. The topological polar surface area (TPSA) is 41.6 Å². The summed E-state index contributed by atoms with van der Waals surface area (Å²) in [7, 11) is 0. The molecule has 27 heavy (non-hydrogen) atoms. The van der Waals surface area contributed by atoms with Crippen LogP contribution in [0.15, 0.2) is 48.5 Å². The minimum Gasteiger partial charge on any atom is -0.492 e. The van der Waals surface area contributed by atoms with E-state index in [1.165, 1.54) is 11.1 Å². The fourth-order valence-electron chi connectivity index (χ4n) is 4.07. The van der Waals surface area contributed by atoms with E-state index in [2.05, 4.69) is 48.3 Å². The van der Waals surface area contributed by atoms with E-state index in [4.69, 9.17) is 4.74 Å². The molecular formula is C23H28N2O2. The van der Waals surface area contributed by atoms with Crippen molar-refractivity contribution in [2.45, 2.75) is 38.8 Å². The number of para-hydroxylation sites is 1. The summed E-state index contributed by atoms with van der Waals surface area (Å²) in [5, 5.41) is 3.18. The molecule has 2 aliphatic rings. The van der Waals surface area contributed by atoms with Crippen molar-refractivity contribution < 1.29 is 9.53 Å². The van der Waals surface area contributed by atoms with Crippen molar-refractivity contribution >= 4 is 5.91 Å². The van der Waals surface area contributed by atoms with Crippen molar-refractivity contribution in [1.82, 2.24) is 10.2 Å². The summed E-state index contributed by atoms with van der Waals surface area (Å²) >= 11 is 0. The molecule has 2 aromatic carbocycles. The molecule has 0 unspecified atom stereocenters. The quantitative estimate of drug-likeness (QED) is 0.906. The summed E-state index contributed by atoms with van der Waals surface area (Å²) in [4.78, 5) is 15.2. The predicted octanol–water partition coefficient (Wildman–Crippen LogP) is 3.19. The number of ether oxygens (including phenoxy) is 1. The van der Waals surface area contributed by atoms with Gasteiger partial charge >= 0.3 is 0 Å². The first-order valence-electron chi connectivity index (χ1n) is 9.83. The summed E-state index contributed by atoms with van der Waals surface area (Å²) in [5.74, 6) is 0.890. The first kappa shape index (κ1) is 18.1. The second-order valence-corrected chi connectivity index (χ2v) is 8.29. The normalized spacial score (nSPS) is 19.6. The number of carbonyl (C=O) groups excluding carboxylic acids is 1. The molecule has 0 aromatic heterocycles. The van der Waals surface area contributed by atoms with Crippen molar-refractivity contribution in [1.29, 1.82) is 0 Å². The SMILES string of the molecule is CC(C)(CNC(=O)[C@H]1COc2ccccc2C1)N1CCc2ccccc2C1. The molecule has 2 aliphatic heterocycles. The molecule has 4 heteroatoms. The predicted molar refractivity (Wildman–Crippen MR) is 107 cm³/mol. The van der Waals surface area contributed by atoms with Gasteiger partial charge in [-0.3, -0.25) is 9.69 Å². The Balaban J connectivity index is 1.35. The van der Waals surface area contributed by atoms with Gasteiger partial charge < -0.3 is 10.1 Å². The molecule has 142 valence electrons. The summed E-state index contributed by atoms with van der Waals surface area (Å²) in [6.45, 7) is 7.51. The number of fused-ring (bicyclic) bond motifs is 2. The van der Waals surface area contributed by atoms with Crippen LogP contribution in [0.3, 0.4) is 0 Å². The number of benzene rings is 2. The van der Waals surface area contributed by atoms with E-state index in [-0.39, 0.29) is 17.4 Å². The third-order valence-corrected chi connectivity index (χ3v) is 5.93. The van der Waals surface area contributed by atoms with Gasteiger partial charge in [0.05, 0.1) is 5.92 Å². The molecule has 1 atom stereocenters. The van der Waals surface area contributed by atoms with E-state index in [0.29, 0.717) is 13.2 Å². The highest BCUT2D eigenvalue weighted by Crippen LogP contribution is 2.28. The van der Waals surface area contributed by atoms with Gasteiger partial charge in [-0.25, -0.2) is 0 Å². The Bertz CT molecular complexity index is 831. The van der Waals surface area contributed by atoms with Gasteiger partial charge in [-0.1, -0.05) is 42.5 Å². The summed E-state index contributed by atoms with van der Waals surface area (Å²) in [6, 6.07) is 16.7. The van der Waals surface area contributed by atoms with Crippen molar-refractivity contribution in [2.75, 3.05) is 19.7 Å². The molecule has 0 saturated carbocycles. The zero-order chi connectivity index (χ0) is 18.9. The Kier molecular flexibility index (Phi) is 4.92. The van der Waals surface area contributed by atoms with Crippen LogP contribution in [-0.4, -0.2) is 36.0 Å². The van der Waals surface area contributed by atoms with Crippen LogP contribution >= 0.6 is 0 Å². The van der Waals surface area contributed by atoms with Crippen LogP contribution in [0.5, 0.6) is 5.75 Å². The molecule has 0 aliphatic carbocycles. The van der Waals surface area contributed by atoms with Crippen molar-refractivity contribution in [3.05, 3.63) is 65.2 Å². The van der Waals surface area contributed by atoms with Gasteiger partial charge in [0.15, 0.2) is 0 Å². The highest BCUT2D eigenvalue weighted by atomic mass is 16.5. The largest absolute Gasteiger partial charge is 0.492 e. The molecular weight excluding hydrogens is 336 g/mol. The fourth-order valence-corrected chi connectivity index (χ4v) is 4.07. The number of carbonyl (C=O) groups is 1. The van der Waals surface area contributed by atoms with E-state index in [1.54, 1.807) is 0 Å². The van der Waals surface area contributed by atoms with Gasteiger partial charge in [-0.15, -0.1) is 0 Å². The van der Waals surface area contributed by atoms with Crippen LogP contribution in [0.1, 0.15) is 30.5 Å². The third kappa shape index (κ3) is 3.86. The fraction of sp³-hybridized carbons (Fsp3) is 0.435. The van der Waals surface area contributed by atoms with Gasteiger partial charge in [-0.2, -0.15) is 0 Å². The van der Waals surface area contributed by atoms with Gasteiger partial charge in [0, 0.05) is 25.2 Å². The molecule has 0 fully saturated rings. The van der Waals surface area contributed by atoms with Gasteiger partial charge in [0.1, 0.15) is 12.4 Å². The lowest BCUT2D eigenvalue weighted by molar-refractivity contribution is -0.126. The van der Waals surface area contributed by atoms with Crippen LogP contribution in [0.25, 0.3) is 0 Å². The number of rotatable bonds is 4.